The number of hydrogen-bond donors (Lipinski definition) is 1. The molecule has 1 unspecified atom stereocenters. The number of sulfonamides is 1. The Morgan fingerprint density at radius 3 is 2.50 bits per heavy atom. The van der Waals surface area contributed by atoms with Crippen molar-refractivity contribution in [2.24, 2.45) is 5.92 Å². The van der Waals surface area contributed by atoms with Crippen LogP contribution in [0.3, 0.4) is 0 Å². The summed E-state index contributed by atoms with van der Waals surface area (Å²) in [4.78, 5) is 0. The van der Waals surface area contributed by atoms with E-state index in [1.807, 2.05) is 0 Å². The predicted octanol–water partition coefficient (Wildman–Crippen LogP) is 0.802. The van der Waals surface area contributed by atoms with Gasteiger partial charge in [0, 0.05) is 13.1 Å². The van der Waals surface area contributed by atoms with E-state index in [0.717, 1.165) is 51.9 Å². The maximum Gasteiger partial charge on any atom is 0.214 e. The molecule has 94 valence electrons. The van der Waals surface area contributed by atoms with Crippen molar-refractivity contribution in [2.75, 3.05) is 31.9 Å². The van der Waals surface area contributed by atoms with Crippen LogP contribution in [0.2, 0.25) is 0 Å². The van der Waals surface area contributed by atoms with Gasteiger partial charge in [-0.05, 0) is 44.7 Å². The Kier molecular flexibility index (Phi) is 4.21. The maximum atomic E-state index is 12.2. The van der Waals surface area contributed by atoms with Gasteiger partial charge in [-0.3, -0.25) is 0 Å². The van der Waals surface area contributed by atoms with Gasteiger partial charge in [-0.25, -0.2) is 12.7 Å². The highest BCUT2D eigenvalue weighted by Gasteiger charge is 2.27. The van der Waals surface area contributed by atoms with Crippen molar-refractivity contribution in [3.8, 4) is 0 Å². The van der Waals surface area contributed by atoms with Crippen LogP contribution in [-0.2, 0) is 10.0 Å². The van der Waals surface area contributed by atoms with Crippen molar-refractivity contribution in [1.82, 2.24) is 9.62 Å². The first-order valence-corrected chi connectivity index (χ1v) is 7.98. The van der Waals surface area contributed by atoms with Crippen molar-refractivity contribution in [3.63, 3.8) is 0 Å². The second kappa shape index (κ2) is 5.47. The molecule has 0 spiro atoms. The minimum atomic E-state index is -2.99. The van der Waals surface area contributed by atoms with E-state index in [4.69, 9.17) is 0 Å². The van der Waals surface area contributed by atoms with Crippen molar-refractivity contribution in [1.29, 1.82) is 0 Å². The lowest BCUT2D eigenvalue weighted by molar-refractivity contribution is 0.336. The monoisotopic (exact) mass is 246 g/mol. The van der Waals surface area contributed by atoms with Crippen molar-refractivity contribution in [3.05, 3.63) is 0 Å². The van der Waals surface area contributed by atoms with E-state index in [2.05, 4.69) is 5.32 Å². The Morgan fingerprint density at radius 2 is 1.88 bits per heavy atom. The third kappa shape index (κ3) is 3.18. The molecule has 2 saturated heterocycles. The van der Waals surface area contributed by atoms with Crippen LogP contribution in [0.25, 0.3) is 0 Å². The highest BCUT2D eigenvalue weighted by molar-refractivity contribution is 7.89. The van der Waals surface area contributed by atoms with Gasteiger partial charge in [0.1, 0.15) is 0 Å². The van der Waals surface area contributed by atoms with Gasteiger partial charge in [0.2, 0.25) is 10.0 Å². The molecule has 0 aliphatic carbocycles. The molecule has 5 heteroatoms. The van der Waals surface area contributed by atoms with Crippen LogP contribution in [0, 0.1) is 5.92 Å². The molecule has 0 radical (unpaired) electrons. The third-order valence-corrected chi connectivity index (χ3v) is 5.60. The smallest absolute Gasteiger partial charge is 0.214 e. The van der Waals surface area contributed by atoms with E-state index in [-0.39, 0.29) is 0 Å². The molecule has 0 aromatic carbocycles. The quantitative estimate of drug-likeness (QED) is 0.801. The van der Waals surface area contributed by atoms with Gasteiger partial charge in [0.15, 0.2) is 0 Å². The van der Waals surface area contributed by atoms with Gasteiger partial charge in [0.05, 0.1) is 5.75 Å². The van der Waals surface area contributed by atoms with Gasteiger partial charge >= 0.3 is 0 Å². The molecule has 16 heavy (non-hydrogen) atoms. The van der Waals surface area contributed by atoms with Crippen molar-refractivity contribution in [2.45, 2.75) is 32.1 Å². The average molecular weight is 246 g/mol. The fourth-order valence-electron chi connectivity index (χ4n) is 2.61. The molecule has 2 rings (SSSR count). The first kappa shape index (κ1) is 12.3. The largest absolute Gasteiger partial charge is 0.316 e. The Balaban J connectivity index is 1.90. The Morgan fingerprint density at radius 1 is 1.12 bits per heavy atom. The predicted molar refractivity (Wildman–Crippen MR) is 64.8 cm³/mol. The molecular weight excluding hydrogens is 224 g/mol. The van der Waals surface area contributed by atoms with E-state index in [9.17, 15) is 8.42 Å². The molecular formula is C11H22N2O2S. The van der Waals surface area contributed by atoms with Gasteiger partial charge in [0.25, 0.3) is 0 Å². The lowest BCUT2D eigenvalue weighted by atomic mass is 10.0. The molecule has 2 heterocycles. The zero-order valence-corrected chi connectivity index (χ0v) is 10.6. The van der Waals surface area contributed by atoms with Crippen LogP contribution in [0.15, 0.2) is 0 Å². The molecule has 1 atom stereocenters. The summed E-state index contributed by atoms with van der Waals surface area (Å²) in [7, 11) is -2.99. The highest BCUT2D eigenvalue weighted by Crippen LogP contribution is 2.18. The standard InChI is InChI=1S/C11H22N2O2S/c14-16(15,13-7-2-1-3-8-13)10-11-5-4-6-12-9-11/h11-12H,1-10H2. The second-order valence-corrected chi connectivity index (χ2v) is 6.96. The minimum absolute atomic E-state index is 0.320. The highest BCUT2D eigenvalue weighted by atomic mass is 32.2. The lowest BCUT2D eigenvalue weighted by Gasteiger charge is -2.29. The first-order chi connectivity index (χ1) is 7.68. The topological polar surface area (TPSA) is 49.4 Å². The number of rotatable bonds is 3. The average Bonchev–Trinajstić information content (AvgIpc) is 2.31. The van der Waals surface area contributed by atoms with Gasteiger partial charge < -0.3 is 5.32 Å². The van der Waals surface area contributed by atoms with E-state index in [1.165, 1.54) is 6.42 Å². The van der Waals surface area contributed by atoms with Crippen molar-refractivity contribution < 1.29 is 8.42 Å². The third-order valence-electron chi connectivity index (χ3n) is 3.55. The van der Waals surface area contributed by atoms with E-state index < -0.39 is 10.0 Å². The van der Waals surface area contributed by atoms with E-state index in [1.54, 1.807) is 4.31 Å². The molecule has 0 bridgehead atoms. The number of nitrogens with one attached hydrogen (secondary N) is 1. The lowest BCUT2D eigenvalue weighted by Crippen LogP contribution is -2.41. The second-order valence-electron chi connectivity index (χ2n) is 4.95. The molecule has 1 N–H and O–H groups in total. The van der Waals surface area contributed by atoms with Crippen LogP contribution >= 0.6 is 0 Å². The van der Waals surface area contributed by atoms with Crippen LogP contribution in [0.5, 0.6) is 0 Å². The molecule has 4 nitrogen and oxygen atoms in total. The molecule has 2 aliphatic heterocycles. The summed E-state index contributed by atoms with van der Waals surface area (Å²) in [5.74, 6) is 0.667. The summed E-state index contributed by atoms with van der Waals surface area (Å²) in [5.41, 5.74) is 0. The van der Waals surface area contributed by atoms with Gasteiger partial charge in [-0.15, -0.1) is 0 Å². The van der Waals surface area contributed by atoms with Crippen LogP contribution in [-0.4, -0.2) is 44.7 Å². The number of nitrogens with zero attached hydrogens (tertiary/aromatic N) is 1. The zero-order chi connectivity index (χ0) is 11.4. The fraction of sp³-hybridized carbons (Fsp3) is 1.00. The summed E-state index contributed by atoms with van der Waals surface area (Å²) in [6, 6.07) is 0. The molecule has 2 aliphatic rings. The zero-order valence-electron chi connectivity index (χ0n) is 9.82. The fourth-order valence-corrected chi connectivity index (χ4v) is 4.52. The Hall–Kier alpha value is -0.130. The Bertz CT molecular complexity index is 304. The van der Waals surface area contributed by atoms with Gasteiger partial charge in [-0.2, -0.15) is 0 Å². The summed E-state index contributed by atoms with van der Waals surface area (Å²) in [5, 5.41) is 3.28. The minimum Gasteiger partial charge on any atom is -0.316 e. The van der Waals surface area contributed by atoms with Crippen LogP contribution in [0.1, 0.15) is 32.1 Å². The molecule has 0 aromatic rings. The van der Waals surface area contributed by atoms with Gasteiger partial charge in [-0.1, -0.05) is 6.42 Å². The maximum absolute atomic E-state index is 12.2. The summed E-state index contributed by atoms with van der Waals surface area (Å²) in [6.07, 6.45) is 5.40. The summed E-state index contributed by atoms with van der Waals surface area (Å²) >= 11 is 0. The molecule has 0 aromatic heterocycles. The first-order valence-electron chi connectivity index (χ1n) is 6.37. The normalized spacial score (nSPS) is 29.1. The van der Waals surface area contributed by atoms with Crippen LogP contribution in [0.4, 0.5) is 0 Å². The van der Waals surface area contributed by atoms with E-state index in [0.29, 0.717) is 11.7 Å². The SMILES string of the molecule is O=S(=O)(CC1CCCNC1)N1CCCCC1. The molecule has 2 fully saturated rings. The summed E-state index contributed by atoms with van der Waals surface area (Å²) < 4.78 is 26.0. The Labute approximate surface area is 98.4 Å². The molecule has 0 saturated carbocycles. The van der Waals surface area contributed by atoms with Crippen LogP contribution < -0.4 is 5.32 Å². The van der Waals surface area contributed by atoms with Crippen molar-refractivity contribution >= 4 is 10.0 Å². The summed E-state index contributed by atoms with van der Waals surface area (Å²) in [6.45, 7) is 3.39. The van der Waals surface area contributed by atoms with E-state index >= 15 is 0 Å². The molecule has 0 amide bonds. The number of piperidine rings is 2. The number of hydrogen-bond acceptors (Lipinski definition) is 3.